The number of aryl methyl sites for hydroxylation is 1. The molecule has 104 valence electrons. The molecule has 0 spiro atoms. The average molecular weight is 268 g/mol. The van der Waals surface area contributed by atoms with Crippen molar-refractivity contribution in [1.29, 1.82) is 0 Å². The lowest BCUT2D eigenvalue weighted by Crippen LogP contribution is -2.18. The Balaban J connectivity index is 1.79. The minimum absolute atomic E-state index is 0.348. The summed E-state index contributed by atoms with van der Waals surface area (Å²) >= 11 is 0. The molecular formula is C16H20N4. The van der Waals surface area contributed by atoms with E-state index in [1.54, 1.807) is 0 Å². The Bertz CT molecular complexity index is 600. The standard InChI is InChI=1S/C16H20N4/c1-3-19-11-14(10-17-19)12-20-16(9-13(2)18-20)15-7-5-4-6-8-15/h4-8,10-11,16H,3,9,12H2,1-2H3. The summed E-state index contributed by atoms with van der Waals surface area (Å²) in [7, 11) is 0. The maximum absolute atomic E-state index is 4.69. The van der Waals surface area contributed by atoms with Crippen molar-refractivity contribution in [3.63, 3.8) is 0 Å². The van der Waals surface area contributed by atoms with Gasteiger partial charge in [-0.05, 0) is 19.4 Å². The van der Waals surface area contributed by atoms with E-state index >= 15 is 0 Å². The molecule has 4 heteroatoms. The van der Waals surface area contributed by atoms with E-state index in [0.29, 0.717) is 6.04 Å². The van der Waals surface area contributed by atoms with Gasteiger partial charge in [-0.2, -0.15) is 10.2 Å². The second kappa shape index (κ2) is 5.49. The molecule has 4 nitrogen and oxygen atoms in total. The van der Waals surface area contributed by atoms with Gasteiger partial charge in [0, 0.05) is 30.4 Å². The molecule has 1 atom stereocenters. The monoisotopic (exact) mass is 268 g/mol. The first-order valence-corrected chi connectivity index (χ1v) is 7.13. The Morgan fingerprint density at radius 1 is 1.25 bits per heavy atom. The highest BCUT2D eigenvalue weighted by Crippen LogP contribution is 2.31. The number of hydrogen-bond acceptors (Lipinski definition) is 3. The van der Waals surface area contributed by atoms with Gasteiger partial charge in [0.1, 0.15) is 0 Å². The summed E-state index contributed by atoms with van der Waals surface area (Å²) in [5.74, 6) is 0. The molecule has 1 aromatic heterocycles. The Labute approximate surface area is 119 Å². The Morgan fingerprint density at radius 2 is 2.05 bits per heavy atom. The lowest BCUT2D eigenvalue weighted by Gasteiger charge is -2.23. The zero-order valence-corrected chi connectivity index (χ0v) is 12.0. The van der Waals surface area contributed by atoms with E-state index in [4.69, 9.17) is 0 Å². The van der Waals surface area contributed by atoms with Gasteiger partial charge < -0.3 is 0 Å². The summed E-state index contributed by atoms with van der Waals surface area (Å²) in [4.78, 5) is 0. The predicted molar refractivity (Wildman–Crippen MR) is 80.4 cm³/mol. The predicted octanol–water partition coefficient (Wildman–Crippen LogP) is 3.23. The van der Waals surface area contributed by atoms with Crippen LogP contribution < -0.4 is 0 Å². The van der Waals surface area contributed by atoms with Gasteiger partial charge in [-0.25, -0.2) is 0 Å². The van der Waals surface area contributed by atoms with Crippen LogP contribution >= 0.6 is 0 Å². The SMILES string of the molecule is CCn1cc(CN2N=C(C)CC2c2ccccc2)cn1. The van der Waals surface area contributed by atoms with Crippen LogP contribution in [-0.2, 0) is 13.1 Å². The first kappa shape index (κ1) is 12.9. The van der Waals surface area contributed by atoms with Gasteiger partial charge in [-0.1, -0.05) is 30.3 Å². The van der Waals surface area contributed by atoms with Crippen LogP contribution in [0.1, 0.15) is 37.4 Å². The summed E-state index contributed by atoms with van der Waals surface area (Å²) in [6.45, 7) is 5.93. The molecule has 1 aromatic carbocycles. The third-order valence-electron chi connectivity index (χ3n) is 3.69. The molecule has 1 aliphatic rings. The fourth-order valence-electron chi connectivity index (χ4n) is 2.67. The largest absolute Gasteiger partial charge is 0.285 e. The average Bonchev–Trinajstić information content (AvgIpc) is 3.07. The molecule has 0 saturated heterocycles. The Hall–Kier alpha value is -2.10. The van der Waals surface area contributed by atoms with E-state index in [1.165, 1.54) is 16.8 Å². The summed E-state index contributed by atoms with van der Waals surface area (Å²) in [5.41, 5.74) is 3.74. The maximum Gasteiger partial charge on any atom is 0.0776 e. The van der Waals surface area contributed by atoms with Crippen molar-refractivity contribution in [3.05, 3.63) is 53.9 Å². The molecule has 0 saturated carbocycles. The molecule has 0 aliphatic carbocycles. The summed E-state index contributed by atoms with van der Waals surface area (Å²) < 4.78 is 1.96. The molecule has 0 N–H and O–H groups in total. The third-order valence-corrected chi connectivity index (χ3v) is 3.69. The second-order valence-electron chi connectivity index (χ2n) is 5.27. The molecule has 0 fully saturated rings. The molecule has 3 rings (SSSR count). The van der Waals surface area contributed by atoms with Crippen LogP contribution in [0.2, 0.25) is 0 Å². The molecular weight excluding hydrogens is 248 g/mol. The minimum atomic E-state index is 0.348. The van der Waals surface area contributed by atoms with Crippen LogP contribution in [0.4, 0.5) is 0 Å². The summed E-state index contributed by atoms with van der Waals surface area (Å²) in [5, 5.41) is 11.2. The quantitative estimate of drug-likeness (QED) is 0.853. The van der Waals surface area contributed by atoms with Crippen LogP contribution in [0.25, 0.3) is 0 Å². The summed E-state index contributed by atoms with van der Waals surface area (Å²) in [6, 6.07) is 11.0. The lowest BCUT2D eigenvalue weighted by atomic mass is 10.0. The molecule has 1 unspecified atom stereocenters. The fourth-order valence-corrected chi connectivity index (χ4v) is 2.67. The van der Waals surface area contributed by atoms with E-state index in [0.717, 1.165) is 19.5 Å². The molecule has 0 bridgehead atoms. The smallest absolute Gasteiger partial charge is 0.0776 e. The van der Waals surface area contributed by atoms with Crippen molar-refractivity contribution in [2.45, 2.75) is 39.4 Å². The number of aromatic nitrogens is 2. The van der Waals surface area contributed by atoms with Crippen LogP contribution in [0.5, 0.6) is 0 Å². The van der Waals surface area contributed by atoms with Crippen LogP contribution in [-0.4, -0.2) is 20.5 Å². The third kappa shape index (κ3) is 2.59. The van der Waals surface area contributed by atoms with Gasteiger partial charge in [0.15, 0.2) is 0 Å². The Morgan fingerprint density at radius 3 is 2.75 bits per heavy atom. The van der Waals surface area contributed by atoms with Crippen LogP contribution in [0.3, 0.4) is 0 Å². The van der Waals surface area contributed by atoms with Gasteiger partial charge in [0.05, 0.1) is 18.8 Å². The second-order valence-corrected chi connectivity index (χ2v) is 5.27. The van der Waals surface area contributed by atoms with E-state index in [9.17, 15) is 0 Å². The van der Waals surface area contributed by atoms with Gasteiger partial charge in [0.25, 0.3) is 0 Å². The van der Waals surface area contributed by atoms with Gasteiger partial charge in [-0.3, -0.25) is 9.69 Å². The van der Waals surface area contributed by atoms with E-state index in [2.05, 4.69) is 65.6 Å². The zero-order valence-electron chi connectivity index (χ0n) is 12.0. The van der Waals surface area contributed by atoms with Gasteiger partial charge in [0.2, 0.25) is 0 Å². The van der Waals surface area contributed by atoms with E-state index in [-0.39, 0.29) is 0 Å². The van der Waals surface area contributed by atoms with E-state index < -0.39 is 0 Å². The van der Waals surface area contributed by atoms with Crippen molar-refractivity contribution < 1.29 is 0 Å². The molecule has 2 aromatic rings. The van der Waals surface area contributed by atoms with E-state index in [1.807, 2.05) is 10.9 Å². The number of rotatable bonds is 4. The first-order chi connectivity index (χ1) is 9.76. The van der Waals surface area contributed by atoms with Crippen molar-refractivity contribution in [2.24, 2.45) is 5.10 Å². The van der Waals surface area contributed by atoms with Crippen molar-refractivity contribution in [1.82, 2.24) is 14.8 Å². The topological polar surface area (TPSA) is 33.4 Å². The van der Waals surface area contributed by atoms with Gasteiger partial charge in [-0.15, -0.1) is 0 Å². The van der Waals surface area contributed by atoms with Crippen molar-refractivity contribution >= 4 is 5.71 Å². The number of hydrogen-bond donors (Lipinski definition) is 0. The highest BCUT2D eigenvalue weighted by molar-refractivity contribution is 5.83. The summed E-state index contributed by atoms with van der Waals surface area (Å²) in [6.07, 6.45) is 5.05. The molecule has 20 heavy (non-hydrogen) atoms. The molecule has 2 heterocycles. The molecule has 1 aliphatic heterocycles. The van der Waals surface area contributed by atoms with Crippen LogP contribution in [0, 0.1) is 0 Å². The lowest BCUT2D eigenvalue weighted by molar-refractivity contribution is 0.224. The molecule has 0 amide bonds. The highest BCUT2D eigenvalue weighted by atomic mass is 15.5. The molecule has 0 radical (unpaired) electrons. The highest BCUT2D eigenvalue weighted by Gasteiger charge is 2.26. The van der Waals surface area contributed by atoms with Crippen molar-refractivity contribution in [3.8, 4) is 0 Å². The maximum atomic E-state index is 4.69. The zero-order chi connectivity index (χ0) is 13.9. The van der Waals surface area contributed by atoms with Crippen molar-refractivity contribution in [2.75, 3.05) is 0 Å². The fraction of sp³-hybridized carbons (Fsp3) is 0.375. The van der Waals surface area contributed by atoms with Crippen LogP contribution in [0.15, 0.2) is 47.8 Å². The van der Waals surface area contributed by atoms with Gasteiger partial charge >= 0.3 is 0 Å². The number of nitrogens with zero attached hydrogens (tertiary/aromatic N) is 4. The first-order valence-electron chi connectivity index (χ1n) is 7.13. The minimum Gasteiger partial charge on any atom is -0.285 e. The number of hydrazone groups is 1. The Kier molecular flexibility index (Phi) is 3.54. The normalized spacial score (nSPS) is 18.4. The number of benzene rings is 1.